The van der Waals surface area contributed by atoms with Crippen molar-refractivity contribution in [1.82, 2.24) is 15.2 Å². The van der Waals surface area contributed by atoms with Crippen LogP contribution < -0.4 is 5.32 Å². The fourth-order valence-corrected chi connectivity index (χ4v) is 4.03. The second kappa shape index (κ2) is 8.11. The summed E-state index contributed by atoms with van der Waals surface area (Å²) >= 11 is 1.86. The molecular weight excluding hydrogens is 266 g/mol. The molecular formula is C16H29N3S. The topological polar surface area (TPSA) is 28.2 Å². The zero-order valence-corrected chi connectivity index (χ0v) is 14.0. The van der Waals surface area contributed by atoms with E-state index >= 15 is 0 Å². The van der Waals surface area contributed by atoms with Crippen molar-refractivity contribution < 1.29 is 0 Å². The summed E-state index contributed by atoms with van der Waals surface area (Å²) in [4.78, 5) is 7.51. The lowest BCUT2D eigenvalue weighted by atomic mass is 9.98. The van der Waals surface area contributed by atoms with E-state index in [0.717, 1.165) is 19.4 Å². The lowest BCUT2D eigenvalue weighted by Crippen LogP contribution is -2.44. The number of rotatable bonds is 7. The molecule has 0 aliphatic carbocycles. The van der Waals surface area contributed by atoms with Crippen LogP contribution in [0.1, 0.15) is 50.2 Å². The van der Waals surface area contributed by atoms with Crippen LogP contribution in [0.5, 0.6) is 0 Å². The predicted octanol–water partition coefficient (Wildman–Crippen LogP) is 3.10. The number of likely N-dealkylation sites (tertiary alicyclic amines) is 1. The van der Waals surface area contributed by atoms with Crippen molar-refractivity contribution in [3.05, 3.63) is 16.1 Å². The second-order valence-electron chi connectivity index (χ2n) is 6.12. The lowest BCUT2D eigenvalue weighted by molar-refractivity contribution is 0.111. The Morgan fingerprint density at radius 3 is 3.05 bits per heavy atom. The molecule has 0 aromatic carbocycles. The quantitative estimate of drug-likeness (QED) is 0.784. The highest BCUT2D eigenvalue weighted by Crippen LogP contribution is 2.24. The van der Waals surface area contributed by atoms with Gasteiger partial charge in [0.25, 0.3) is 0 Å². The summed E-state index contributed by atoms with van der Waals surface area (Å²) in [5.74, 6) is 0. The Hall–Kier alpha value is -0.450. The Bertz CT molecular complexity index is 389. The molecule has 4 heteroatoms. The van der Waals surface area contributed by atoms with Gasteiger partial charge in [0, 0.05) is 23.9 Å². The molecule has 1 aliphatic rings. The van der Waals surface area contributed by atoms with Crippen LogP contribution in [0.4, 0.5) is 0 Å². The average Bonchev–Trinajstić information content (AvgIpc) is 2.87. The van der Waals surface area contributed by atoms with Gasteiger partial charge in [-0.05, 0) is 59.7 Å². The van der Waals surface area contributed by atoms with Crippen molar-refractivity contribution in [2.45, 2.75) is 64.5 Å². The largest absolute Gasteiger partial charge is 0.320 e. The summed E-state index contributed by atoms with van der Waals surface area (Å²) in [5, 5.41) is 6.79. The van der Waals surface area contributed by atoms with Crippen molar-refractivity contribution in [2.75, 3.05) is 20.1 Å². The highest BCUT2D eigenvalue weighted by molar-refractivity contribution is 7.09. The number of hydrogen-bond acceptors (Lipinski definition) is 4. The minimum absolute atomic E-state index is 0.662. The molecule has 1 atom stereocenters. The number of thiazole rings is 1. The number of aromatic nitrogens is 1. The molecule has 2 rings (SSSR count). The van der Waals surface area contributed by atoms with Crippen LogP contribution in [0, 0.1) is 0 Å². The molecule has 0 amide bonds. The van der Waals surface area contributed by atoms with E-state index in [-0.39, 0.29) is 0 Å². The number of piperidine rings is 1. The van der Waals surface area contributed by atoms with E-state index in [1.165, 1.54) is 42.9 Å². The Labute approximate surface area is 127 Å². The molecule has 1 unspecified atom stereocenters. The molecule has 0 radical (unpaired) electrons. The third kappa shape index (κ3) is 4.54. The van der Waals surface area contributed by atoms with E-state index in [1.54, 1.807) is 0 Å². The molecule has 2 heterocycles. The molecule has 0 bridgehead atoms. The fourth-order valence-electron chi connectivity index (χ4n) is 3.13. The van der Waals surface area contributed by atoms with E-state index < -0.39 is 0 Å². The maximum absolute atomic E-state index is 4.83. The normalized spacial score (nSPS) is 20.7. The Kier molecular flexibility index (Phi) is 6.46. The minimum atomic E-state index is 0.662. The third-order valence-electron chi connectivity index (χ3n) is 4.21. The van der Waals surface area contributed by atoms with Gasteiger partial charge in [0.15, 0.2) is 0 Å². The van der Waals surface area contributed by atoms with Gasteiger partial charge in [-0.25, -0.2) is 4.98 Å². The summed E-state index contributed by atoms with van der Waals surface area (Å²) in [5.41, 5.74) is 1.28. The van der Waals surface area contributed by atoms with E-state index in [9.17, 15) is 0 Å². The first kappa shape index (κ1) is 15.9. The first-order chi connectivity index (χ1) is 9.70. The van der Waals surface area contributed by atoms with Crippen molar-refractivity contribution in [2.24, 2.45) is 0 Å². The minimum Gasteiger partial charge on any atom is -0.320 e. The smallest absolute Gasteiger partial charge is 0.0943 e. The summed E-state index contributed by atoms with van der Waals surface area (Å²) < 4.78 is 0. The average molecular weight is 295 g/mol. The zero-order chi connectivity index (χ0) is 14.4. The van der Waals surface area contributed by atoms with E-state index in [1.807, 2.05) is 18.4 Å². The van der Waals surface area contributed by atoms with E-state index in [0.29, 0.717) is 12.1 Å². The van der Waals surface area contributed by atoms with Gasteiger partial charge in [-0.2, -0.15) is 0 Å². The van der Waals surface area contributed by atoms with Crippen LogP contribution in [0.3, 0.4) is 0 Å². The van der Waals surface area contributed by atoms with E-state index in [4.69, 9.17) is 4.98 Å². The fraction of sp³-hybridized carbons (Fsp3) is 0.812. The Morgan fingerprint density at radius 2 is 2.30 bits per heavy atom. The van der Waals surface area contributed by atoms with Crippen LogP contribution in [0.25, 0.3) is 0 Å². The van der Waals surface area contributed by atoms with Crippen molar-refractivity contribution in [3.63, 3.8) is 0 Å². The monoisotopic (exact) mass is 295 g/mol. The van der Waals surface area contributed by atoms with Crippen LogP contribution >= 0.6 is 11.3 Å². The molecule has 20 heavy (non-hydrogen) atoms. The van der Waals surface area contributed by atoms with Gasteiger partial charge in [-0.15, -0.1) is 11.3 Å². The number of hydrogen-bond donors (Lipinski definition) is 1. The van der Waals surface area contributed by atoms with Crippen LogP contribution in [-0.2, 0) is 12.8 Å². The Balaban J connectivity index is 1.88. The molecule has 1 aliphatic heterocycles. The first-order valence-electron chi connectivity index (χ1n) is 8.04. The predicted molar refractivity (Wildman–Crippen MR) is 87.5 cm³/mol. The highest BCUT2D eigenvalue weighted by atomic mass is 32.1. The molecule has 0 spiro atoms. The number of nitrogens with one attached hydrogen (secondary N) is 1. The third-order valence-corrected chi connectivity index (χ3v) is 5.13. The van der Waals surface area contributed by atoms with Gasteiger partial charge >= 0.3 is 0 Å². The van der Waals surface area contributed by atoms with Crippen molar-refractivity contribution in [1.29, 1.82) is 0 Å². The summed E-state index contributed by atoms with van der Waals surface area (Å²) in [6, 6.07) is 1.37. The summed E-state index contributed by atoms with van der Waals surface area (Å²) in [6.45, 7) is 6.99. The second-order valence-corrected chi connectivity index (χ2v) is 7.07. The molecule has 1 N–H and O–H groups in total. The molecule has 1 fully saturated rings. The van der Waals surface area contributed by atoms with Crippen LogP contribution in [0.15, 0.2) is 5.38 Å². The molecule has 114 valence electrons. The highest BCUT2D eigenvalue weighted by Gasteiger charge is 2.25. The van der Waals surface area contributed by atoms with Crippen LogP contribution in [0.2, 0.25) is 0 Å². The Morgan fingerprint density at radius 1 is 1.45 bits per heavy atom. The molecule has 1 aromatic heterocycles. The maximum Gasteiger partial charge on any atom is 0.0943 e. The lowest BCUT2D eigenvalue weighted by Gasteiger charge is -2.38. The zero-order valence-electron chi connectivity index (χ0n) is 13.2. The standard InChI is InChI=1S/C16H29N3S/c1-13(2)19-10-5-4-8-15(19)11-16-18-14(12-20-16)7-6-9-17-3/h12-13,15,17H,4-11H2,1-3H3. The maximum atomic E-state index is 4.83. The molecule has 0 saturated carbocycles. The number of nitrogens with zero attached hydrogens (tertiary/aromatic N) is 2. The van der Waals surface area contributed by atoms with Crippen LogP contribution in [-0.4, -0.2) is 42.1 Å². The van der Waals surface area contributed by atoms with Gasteiger partial charge in [0.2, 0.25) is 0 Å². The van der Waals surface area contributed by atoms with Gasteiger partial charge in [-0.3, -0.25) is 4.90 Å². The van der Waals surface area contributed by atoms with E-state index in [2.05, 4.69) is 29.4 Å². The number of aryl methyl sites for hydroxylation is 1. The van der Waals surface area contributed by atoms with Crippen molar-refractivity contribution >= 4 is 11.3 Å². The molecule has 1 saturated heterocycles. The van der Waals surface area contributed by atoms with Gasteiger partial charge in [0.1, 0.15) is 0 Å². The van der Waals surface area contributed by atoms with Gasteiger partial charge in [0.05, 0.1) is 10.7 Å². The molecule has 1 aromatic rings. The van der Waals surface area contributed by atoms with Gasteiger partial charge < -0.3 is 5.32 Å². The summed E-state index contributed by atoms with van der Waals surface area (Å²) in [7, 11) is 2.01. The van der Waals surface area contributed by atoms with Gasteiger partial charge in [-0.1, -0.05) is 6.42 Å². The SMILES string of the molecule is CNCCCc1csc(CC2CCCCN2C(C)C)n1. The molecule has 3 nitrogen and oxygen atoms in total. The van der Waals surface area contributed by atoms with Crippen molar-refractivity contribution in [3.8, 4) is 0 Å². The summed E-state index contributed by atoms with van der Waals surface area (Å²) in [6.07, 6.45) is 7.52. The first-order valence-corrected chi connectivity index (χ1v) is 8.92.